The summed E-state index contributed by atoms with van der Waals surface area (Å²) in [6.07, 6.45) is 5.61. The van der Waals surface area contributed by atoms with Crippen LogP contribution in [0.2, 0.25) is 0 Å². The van der Waals surface area contributed by atoms with E-state index in [9.17, 15) is 0 Å². The van der Waals surface area contributed by atoms with Gasteiger partial charge in [0.15, 0.2) is 5.65 Å². The fourth-order valence-corrected chi connectivity index (χ4v) is 3.26. The molecule has 0 aliphatic rings. The highest BCUT2D eigenvalue weighted by Crippen LogP contribution is 2.24. The zero-order valence-corrected chi connectivity index (χ0v) is 13.2. The van der Waals surface area contributed by atoms with E-state index in [1.165, 1.54) is 6.42 Å². The smallest absolute Gasteiger partial charge is 0.181 e. The van der Waals surface area contributed by atoms with Crippen molar-refractivity contribution in [3.63, 3.8) is 0 Å². The molecule has 0 radical (unpaired) electrons. The van der Waals surface area contributed by atoms with Crippen LogP contribution in [0, 0.1) is 5.92 Å². The molecule has 0 aliphatic carbocycles. The first-order valence-electron chi connectivity index (χ1n) is 7.26. The maximum atomic E-state index is 4.37. The van der Waals surface area contributed by atoms with E-state index in [0.29, 0.717) is 12.0 Å². The molecular weight excluding hydrogens is 270 g/mol. The highest BCUT2D eigenvalue weighted by Gasteiger charge is 2.16. The quantitative estimate of drug-likeness (QED) is 0.578. The Bertz CT molecular complexity index is 527. The van der Waals surface area contributed by atoms with Crippen LogP contribution in [-0.4, -0.2) is 38.3 Å². The summed E-state index contributed by atoms with van der Waals surface area (Å²) in [5.41, 5.74) is 1.68. The molecule has 0 aliphatic heterocycles. The van der Waals surface area contributed by atoms with E-state index in [1.807, 2.05) is 0 Å². The van der Waals surface area contributed by atoms with Crippen molar-refractivity contribution in [3.8, 4) is 0 Å². The molecular formula is C14H23N5S. The van der Waals surface area contributed by atoms with E-state index in [0.717, 1.165) is 34.9 Å². The molecule has 0 saturated heterocycles. The Balaban J connectivity index is 2.02. The molecule has 2 rings (SSSR count). The van der Waals surface area contributed by atoms with Crippen molar-refractivity contribution in [2.24, 2.45) is 5.92 Å². The Morgan fingerprint density at radius 3 is 2.90 bits per heavy atom. The van der Waals surface area contributed by atoms with Crippen molar-refractivity contribution in [3.05, 3.63) is 12.7 Å². The third-order valence-corrected chi connectivity index (χ3v) is 4.68. The summed E-state index contributed by atoms with van der Waals surface area (Å²) in [5, 5.41) is 4.63. The van der Waals surface area contributed by atoms with E-state index in [-0.39, 0.29) is 0 Å². The number of hydrogen-bond acceptors (Lipinski definition) is 5. The molecule has 0 spiro atoms. The standard InChI is InChI=1S/C14H23N5S/c1-4-6-15-11(10(3)5-2)7-20-14-12-13(17-8-16-12)18-9-19-14/h8-11,15H,4-7H2,1-3H3,(H,16,17,18,19). The lowest BCUT2D eigenvalue weighted by molar-refractivity contribution is 0.397. The number of fused-ring (bicyclic) bond motifs is 1. The first kappa shape index (κ1) is 15.3. The van der Waals surface area contributed by atoms with E-state index in [2.05, 4.69) is 46.0 Å². The Kier molecular flexibility index (Phi) is 5.79. The number of imidazole rings is 1. The van der Waals surface area contributed by atoms with Gasteiger partial charge in [0, 0.05) is 11.8 Å². The Morgan fingerprint density at radius 1 is 1.30 bits per heavy atom. The van der Waals surface area contributed by atoms with Crippen molar-refractivity contribution in [1.82, 2.24) is 25.3 Å². The van der Waals surface area contributed by atoms with Crippen molar-refractivity contribution in [2.75, 3.05) is 12.3 Å². The van der Waals surface area contributed by atoms with Gasteiger partial charge in [0.05, 0.1) is 6.33 Å². The monoisotopic (exact) mass is 293 g/mol. The predicted molar refractivity (Wildman–Crippen MR) is 83.9 cm³/mol. The van der Waals surface area contributed by atoms with Crippen molar-refractivity contribution >= 4 is 22.9 Å². The molecule has 2 heterocycles. The largest absolute Gasteiger partial charge is 0.341 e. The number of rotatable bonds is 8. The summed E-state index contributed by atoms with van der Waals surface area (Å²) < 4.78 is 0. The van der Waals surface area contributed by atoms with Crippen LogP contribution in [0.4, 0.5) is 0 Å². The molecule has 5 nitrogen and oxygen atoms in total. The minimum Gasteiger partial charge on any atom is -0.341 e. The van der Waals surface area contributed by atoms with E-state index >= 15 is 0 Å². The first-order valence-corrected chi connectivity index (χ1v) is 8.25. The van der Waals surface area contributed by atoms with Crippen molar-refractivity contribution in [2.45, 2.75) is 44.7 Å². The van der Waals surface area contributed by atoms with Crippen molar-refractivity contribution in [1.29, 1.82) is 0 Å². The topological polar surface area (TPSA) is 66.5 Å². The number of aromatic nitrogens is 4. The molecule has 20 heavy (non-hydrogen) atoms. The van der Waals surface area contributed by atoms with E-state index in [1.54, 1.807) is 24.4 Å². The number of nitrogens with one attached hydrogen (secondary N) is 2. The molecule has 0 saturated carbocycles. The molecule has 0 aromatic carbocycles. The van der Waals surface area contributed by atoms with Crippen LogP contribution in [0.15, 0.2) is 17.7 Å². The third kappa shape index (κ3) is 3.70. The molecule has 0 amide bonds. The van der Waals surface area contributed by atoms with Gasteiger partial charge in [-0.25, -0.2) is 15.0 Å². The van der Waals surface area contributed by atoms with Gasteiger partial charge in [-0.2, -0.15) is 0 Å². The van der Waals surface area contributed by atoms with Gasteiger partial charge in [-0.3, -0.25) is 0 Å². The Hall–Kier alpha value is -1.14. The van der Waals surface area contributed by atoms with Gasteiger partial charge < -0.3 is 10.3 Å². The van der Waals surface area contributed by atoms with Gasteiger partial charge in [-0.05, 0) is 18.9 Å². The molecule has 2 aromatic heterocycles. The van der Waals surface area contributed by atoms with Gasteiger partial charge in [-0.15, -0.1) is 11.8 Å². The summed E-state index contributed by atoms with van der Waals surface area (Å²) in [6, 6.07) is 0.512. The number of H-pyrrole nitrogens is 1. The molecule has 2 atom stereocenters. The molecule has 110 valence electrons. The van der Waals surface area contributed by atoms with Gasteiger partial charge in [-0.1, -0.05) is 27.2 Å². The molecule has 0 fully saturated rings. The second-order valence-corrected chi connectivity index (χ2v) is 6.05. The van der Waals surface area contributed by atoms with Gasteiger partial charge >= 0.3 is 0 Å². The number of hydrogen-bond donors (Lipinski definition) is 2. The molecule has 2 aromatic rings. The highest BCUT2D eigenvalue weighted by molar-refractivity contribution is 7.99. The third-order valence-electron chi connectivity index (χ3n) is 3.58. The SMILES string of the molecule is CCCNC(CSc1ncnc2nc[nH]c12)C(C)CC. The lowest BCUT2D eigenvalue weighted by Gasteiger charge is -2.23. The number of thioether (sulfide) groups is 1. The zero-order chi connectivity index (χ0) is 14.4. The maximum absolute atomic E-state index is 4.37. The zero-order valence-electron chi connectivity index (χ0n) is 12.4. The fraction of sp³-hybridized carbons (Fsp3) is 0.643. The molecule has 0 bridgehead atoms. The summed E-state index contributed by atoms with van der Waals surface area (Å²) >= 11 is 1.77. The van der Waals surface area contributed by atoms with E-state index in [4.69, 9.17) is 0 Å². The minimum atomic E-state index is 0.512. The minimum absolute atomic E-state index is 0.512. The number of aromatic amines is 1. The maximum Gasteiger partial charge on any atom is 0.181 e. The lowest BCUT2D eigenvalue weighted by Crippen LogP contribution is -2.37. The van der Waals surface area contributed by atoms with Crippen LogP contribution in [0.25, 0.3) is 11.2 Å². The van der Waals surface area contributed by atoms with Gasteiger partial charge in [0.1, 0.15) is 16.9 Å². The molecule has 6 heteroatoms. The number of nitrogens with zero attached hydrogens (tertiary/aromatic N) is 3. The summed E-state index contributed by atoms with van der Waals surface area (Å²) in [4.78, 5) is 15.8. The average molecular weight is 293 g/mol. The summed E-state index contributed by atoms with van der Waals surface area (Å²) in [6.45, 7) is 7.82. The summed E-state index contributed by atoms with van der Waals surface area (Å²) in [7, 11) is 0. The van der Waals surface area contributed by atoms with Crippen LogP contribution >= 0.6 is 11.8 Å². The van der Waals surface area contributed by atoms with Crippen LogP contribution in [0.1, 0.15) is 33.6 Å². The second-order valence-electron chi connectivity index (χ2n) is 5.04. The first-order chi connectivity index (χ1) is 9.76. The van der Waals surface area contributed by atoms with Crippen molar-refractivity contribution < 1.29 is 0 Å². The van der Waals surface area contributed by atoms with E-state index < -0.39 is 0 Å². The Labute approximate surface area is 124 Å². The Morgan fingerprint density at radius 2 is 2.15 bits per heavy atom. The van der Waals surface area contributed by atoms with Gasteiger partial charge in [0.25, 0.3) is 0 Å². The predicted octanol–water partition coefficient (Wildman–Crippen LogP) is 2.86. The van der Waals surface area contributed by atoms with Crippen LogP contribution in [0.3, 0.4) is 0 Å². The van der Waals surface area contributed by atoms with Crippen LogP contribution in [-0.2, 0) is 0 Å². The lowest BCUT2D eigenvalue weighted by atomic mass is 10.0. The average Bonchev–Trinajstić information content (AvgIpc) is 2.95. The van der Waals surface area contributed by atoms with Crippen LogP contribution in [0.5, 0.6) is 0 Å². The summed E-state index contributed by atoms with van der Waals surface area (Å²) in [5.74, 6) is 1.67. The highest BCUT2D eigenvalue weighted by atomic mass is 32.2. The molecule has 2 unspecified atom stereocenters. The van der Waals surface area contributed by atoms with Crippen LogP contribution < -0.4 is 5.32 Å². The normalized spacial score (nSPS) is 14.6. The van der Waals surface area contributed by atoms with Gasteiger partial charge in [0.2, 0.25) is 0 Å². The molecule has 2 N–H and O–H groups in total. The second kappa shape index (κ2) is 7.59. The fourth-order valence-electron chi connectivity index (χ4n) is 2.06.